The van der Waals surface area contributed by atoms with Crippen molar-refractivity contribution >= 4 is 11.8 Å². The molecule has 218 valence electrons. The van der Waals surface area contributed by atoms with Crippen molar-refractivity contribution in [2.24, 2.45) is 5.92 Å². The minimum absolute atomic E-state index is 0.0235. The van der Waals surface area contributed by atoms with Crippen LogP contribution in [0.25, 0.3) is 11.3 Å². The summed E-state index contributed by atoms with van der Waals surface area (Å²) < 4.78 is 84.2. The van der Waals surface area contributed by atoms with Gasteiger partial charge in [0, 0.05) is 12.1 Å². The highest BCUT2D eigenvalue weighted by molar-refractivity contribution is 6.06. The molecule has 2 atom stereocenters. The first-order valence-corrected chi connectivity index (χ1v) is 12.6. The fourth-order valence-electron chi connectivity index (χ4n) is 4.57. The van der Waals surface area contributed by atoms with Crippen LogP contribution >= 0.6 is 0 Å². The lowest BCUT2D eigenvalue weighted by Gasteiger charge is -2.34. The number of hydrogen-bond acceptors (Lipinski definition) is 7. The van der Waals surface area contributed by atoms with Gasteiger partial charge in [-0.3, -0.25) is 24.8 Å². The van der Waals surface area contributed by atoms with E-state index in [4.69, 9.17) is 4.74 Å². The van der Waals surface area contributed by atoms with Gasteiger partial charge in [0.15, 0.2) is 0 Å². The Kier molecular flexibility index (Phi) is 9.00. The van der Waals surface area contributed by atoms with Crippen molar-refractivity contribution in [3.63, 3.8) is 0 Å². The van der Waals surface area contributed by atoms with Crippen molar-refractivity contribution in [2.45, 2.75) is 43.5 Å². The number of piperidine rings is 1. The molecule has 0 saturated carbocycles. The third kappa shape index (κ3) is 7.29. The number of likely N-dealkylation sites (tertiary alicyclic amines) is 1. The molecule has 2 aromatic rings. The fraction of sp³-hybridized carbons (Fsp3) is 0.500. The number of carbonyl (C=O) groups is 2. The minimum Gasteiger partial charge on any atom is -0.492 e. The predicted octanol–water partition coefficient (Wildman–Crippen LogP) is 3.16. The fourth-order valence-corrected chi connectivity index (χ4v) is 4.57. The summed E-state index contributed by atoms with van der Waals surface area (Å²) in [6.45, 7) is -0.695. The zero-order valence-corrected chi connectivity index (χ0v) is 21.2. The molecule has 0 spiro atoms. The molecule has 4 rings (SSSR count). The first-order valence-electron chi connectivity index (χ1n) is 12.6. The van der Waals surface area contributed by atoms with E-state index in [0.717, 1.165) is 11.0 Å². The van der Waals surface area contributed by atoms with Crippen molar-refractivity contribution in [3.05, 3.63) is 47.9 Å². The molecule has 8 nitrogen and oxygen atoms in total. The second-order valence-electron chi connectivity index (χ2n) is 9.98. The molecule has 0 unspecified atom stereocenters. The standard InChI is InChI=1S/C26H28F6N4O4/c27-20-9-16(1-3-19(20)23(38)35-24(39)22-10-17(37)11-33-22)21-4-2-18(12-34-21)40-13-15-5-7-36(8-6-15)14-25(28,29)26(30,31)32/h1-4,9,12,15,17,22,33,37H,5-8,10-11,13-14H2,(H,35,38,39)/t17-,22+/m1/s1. The van der Waals surface area contributed by atoms with Gasteiger partial charge in [0.05, 0.1) is 42.8 Å². The molecular formula is C26H28F6N4O4. The maximum absolute atomic E-state index is 14.7. The monoisotopic (exact) mass is 574 g/mol. The minimum atomic E-state index is -5.58. The molecule has 1 aromatic carbocycles. The van der Waals surface area contributed by atoms with E-state index in [1.165, 1.54) is 18.3 Å². The molecule has 2 fully saturated rings. The van der Waals surface area contributed by atoms with Crippen molar-refractivity contribution < 1.29 is 45.8 Å². The van der Waals surface area contributed by atoms with E-state index in [-0.39, 0.29) is 44.1 Å². The Morgan fingerprint density at radius 1 is 1.12 bits per heavy atom. The zero-order valence-electron chi connectivity index (χ0n) is 21.2. The molecule has 2 aliphatic heterocycles. The third-order valence-corrected chi connectivity index (χ3v) is 6.94. The third-order valence-electron chi connectivity index (χ3n) is 6.94. The molecule has 2 amide bonds. The van der Waals surface area contributed by atoms with E-state index in [0.29, 0.717) is 29.8 Å². The van der Waals surface area contributed by atoms with Crippen molar-refractivity contribution in [3.8, 4) is 17.0 Å². The van der Waals surface area contributed by atoms with Crippen LogP contribution in [0.5, 0.6) is 5.75 Å². The van der Waals surface area contributed by atoms with Crippen molar-refractivity contribution in [1.29, 1.82) is 0 Å². The summed E-state index contributed by atoms with van der Waals surface area (Å²) >= 11 is 0. The smallest absolute Gasteiger partial charge is 0.454 e. The number of nitrogens with zero attached hydrogens (tertiary/aromatic N) is 2. The number of nitrogens with one attached hydrogen (secondary N) is 2. The predicted molar refractivity (Wildman–Crippen MR) is 130 cm³/mol. The number of carbonyl (C=O) groups excluding carboxylic acids is 2. The topological polar surface area (TPSA) is 104 Å². The summed E-state index contributed by atoms with van der Waals surface area (Å²) in [7, 11) is 0. The molecule has 0 aliphatic carbocycles. The number of amides is 2. The number of ether oxygens (including phenoxy) is 1. The van der Waals surface area contributed by atoms with Gasteiger partial charge in [0.1, 0.15) is 11.6 Å². The lowest BCUT2D eigenvalue weighted by atomic mass is 9.97. The Balaban J connectivity index is 1.26. The number of aromatic nitrogens is 1. The largest absolute Gasteiger partial charge is 0.492 e. The van der Waals surface area contributed by atoms with Crippen LogP contribution in [0.1, 0.15) is 29.6 Å². The Morgan fingerprint density at radius 2 is 1.85 bits per heavy atom. The molecule has 3 heterocycles. The number of pyridine rings is 1. The molecule has 2 saturated heterocycles. The summed E-state index contributed by atoms with van der Waals surface area (Å²) in [6.07, 6.45) is -3.89. The van der Waals surface area contributed by atoms with Crippen molar-refractivity contribution in [1.82, 2.24) is 20.5 Å². The SMILES string of the molecule is O=C(NC(=O)[C@@H]1C[C@@H](O)CN1)c1ccc(-c2ccc(OCC3CCN(CC(F)(F)C(F)(F)F)CC3)cn2)cc1F. The van der Waals surface area contributed by atoms with Crippen LogP contribution in [0, 0.1) is 11.7 Å². The molecule has 3 N–H and O–H groups in total. The van der Waals surface area contributed by atoms with Crippen LogP contribution in [0.4, 0.5) is 26.3 Å². The highest BCUT2D eigenvalue weighted by Crippen LogP contribution is 2.36. The molecule has 0 radical (unpaired) electrons. The van der Waals surface area contributed by atoms with E-state index in [1.807, 2.05) is 0 Å². The number of halogens is 6. The van der Waals surface area contributed by atoms with Gasteiger partial charge in [0.25, 0.3) is 5.91 Å². The molecule has 1 aromatic heterocycles. The molecular weight excluding hydrogens is 546 g/mol. The summed E-state index contributed by atoms with van der Waals surface area (Å²) in [4.78, 5) is 29.8. The number of aliphatic hydroxyl groups is 1. The second kappa shape index (κ2) is 12.1. The van der Waals surface area contributed by atoms with Crippen LogP contribution in [0.2, 0.25) is 0 Å². The molecule has 14 heteroatoms. The Labute approximate surface area is 225 Å². The summed E-state index contributed by atoms with van der Waals surface area (Å²) in [5.41, 5.74) is 0.427. The maximum atomic E-state index is 14.7. The van der Waals surface area contributed by atoms with Gasteiger partial charge in [0.2, 0.25) is 5.91 Å². The second-order valence-corrected chi connectivity index (χ2v) is 9.98. The van der Waals surface area contributed by atoms with Gasteiger partial charge in [-0.15, -0.1) is 0 Å². The van der Waals surface area contributed by atoms with E-state index < -0.39 is 48.4 Å². The van der Waals surface area contributed by atoms with Gasteiger partial charge >= 0.3 is 12.1 Å². The molecule has 40 heavy (non-hydrogen) atoms. The molecule has 2 aliphatic rings. The lowest BCUT2D eigenvalue weighted by Crippen LogP contribution is -2.49. The number of imide groups is 1. The van der Waals surface area contributed by atoms with Crippen LogP contribution in [0.3, 0.4) is 0 Å². The number of hydrogen-bond donors (Lipinski definition) is 3. The van der Waals surface area contributed by atoms with E-state index >= 15 is 0 Å². The van der Waals surface area contributed by atoms with Crippen LogP contribution in [0.15, 0.2) is 36.5 Å². The van der Waals surface area contributed by atoms with Crippen LogP contribution < -0.4 is 15.4 Å². The van der Waals surface area contributed by atoms with E-state index in [9.17, 15) is 41.0 Å². The average molecular weight is 575 g/mol. The number of alkyl halides is 5. The quantitative estimate of drug-likeness (QED) is 0.329. The summed E-state index contributed by atoms with van der Waals surface area (Å²) in [5.74, 6) is -6.80. The van der Waals surface area contributed by atoms with E-state index in [2.05, 4.69) is 15.6 Å². The number of rotatable bonds is 8. The zero-order chi connectivity index (χ0) is 29.1. The van der Waals surface area contributed by atoms with Crippen LogP contribution in [-0.4, -0.2) is 83.8 Å². The number of benzene rings is 1. The Hall–Kier alpha value is -3.23. The number of aliphatic hydroxyl groups excluding tert-OH is 1. The molecule has 0 bridgehead atoms. The Morgan fingerprint density at radius 3 is 2.42 bits per heavy atom. The van der Waals surface area contributed by atoms with Crippen molar-refractivity contribution in [2.75, 3.05) is 32.8 Å². The van der Waals surface area contributed by atoms with Gasteiger partial charge in [-0.1, -0.05) is 6.07 Å². The van der Waals surface area contributed by atoms with Crippen LogP contribution in [-0.2, 0) is 4.79 Å². The van der Waals surface area contributed by atoms with Gasteiger partial charge in [-0.25, -0.2) is 4.39 Å². The summed E-state index contributed by atoms with van der Waals surface area (Å²) in [5, 5.41) is 14.4. The van der Waals surface area contributed by atoms with Gasteiger partial charge in [-0.2, -0.15) is 22.0 Å². The summed E-state index contributed by atoms with van der Waals surface area (Å²) in [6, 6.07) is 6.24. The van der Waals surface area contributed by atoms with Gasteiger partial charge in [-0.05, 0) is 62.5 Å². The highest BCUT2D eigenvalue weighted by Gasteiger charge is 2.58. The van der Waals surface area contributed by atoms with Gasteiger partial charge < -0.3 is 15.2 Å². The lowest BCUT2D eigenvalue weighted by molar-refractivity contribution is -0.287. The first kappa shape index (κ1) is 29.7. The number of β-amino-alcohol motifs (C(OH)–C–C–N with tert-alkyl or cyclic N) is 1. The first-order chi connectivity index (χ1) is 18.8. The highest BCUT2D eigenvalue weighted by atomic mass is 19.4. The van der Waals surface area contributed by atoms with E-state index in [1.54, 1.807) is 12.1 Å². The normalized spacial score (nSPS) is 20.9. The average Bonchev–Trinajstić information content (AvgIpc) is 3.34. The maximum Gasteiger partial charge on any atom is 0.454 e. The Bertz CT molecular complexity index is 1200.